The molecule has 21 heavy (non-hydrogen) atoms. The molecule has 0 aliphatic carbocycles. The minimum atomic E-state index is -0.409. The van der Waals surface area contributed by atoms with Crippen LogP contribution in [0.1, 0.15) is 41.4 Å². The molecular formula is C17H16N2O2. The quantitative estimate of drug-likeness (QED) is 0.809. The molecule has 0 unspecified atom stereocenters. The van der Waals surface area contributed by atoms with Crippen molar-refractivity contribution in [3.05, 3.63) is 69.6 Å². The molecule has 0 N–H and O–H groups in total. The van der Waals surface area contributed by atoms with Gasteiger partial charge in [-0.25, -0.2) is 0 Å². The maximum absolute atomic E-state index is 12.3. The molecule has 0 radical (unpaired) electrons. The van der Waals surface area contributed by atoms with Gasteiger partial charge in [-0.3, -0.25) is 9.59 Å². The molecule has 2 aromatic rings. The molecule has 0 aliphatic rings. The molecule has 0 aliphatic heterocycles. The Morgan fingerprint density at radius 3 is 2.43 bits per heavy atom. The second-order valence-corrected chi connectivity index (χ2v) is 5.12. The van der Waals surface area contributed by atoms with Crippen LogP contribution in [0.5, 0.6) is 0 Å². The van der Waals surface area contributed by atoms with Crippen molar-refractivity contribution in [1.29, 1.82) is 5.26 Å². The van der Waals surface area contributed by atoms with Crippen LogP contribution in [-0.4, -0.2) is 10.4 Å². The molecule has 0 bridgehead atoms. The van der Waals surface area contributed by atoms with Crippen LogP contribution in [-0.2, 0) is 6.54 Å². The molecule has 106 valence electrons. The van der Waals surface area contributed by atoms with Gasteiger partial charge in [0.2, 0.25) is 0 Å². The summed E-state index contributed by atoms with van der Waals surface area (Å²) in [5.41, 5.74) is 0.956. The third-order valence-electron chi connectivity index (χ3n) is 3.32. The minimum absolute atomic E-state index is 0.0497. The number of carbonyl (C=O) groups is 1. The molecule has 0 fully saturated rings. The Bertz CT molecular complexity index is 753. The van der Waals surface area contributed by atoms with Gasteiger partial charge in [0.25, 0.3) is 5.56 Å². The van der Waals surface area contributed by atoms with E-state index in [4.69, 9.17) is 5.26 Å². The first kappa shape index (κ1) is 14.7. The van der Waals surface area contributed by atoms with E-state index in [1.54, 1.807) is 30.3 Å². The summed E-state index contributed by atoms with van der Waals surface area (Å²) in [6.07, 6.45) is 0. The molecule has 1 aromatic heterocycles. The van der Waals surface area contributed by atoms with E-state index < -0.39 is 5.56 Å². The van der Waals surface area contributed by atoms with Crippen LogP contribution in [0.3, 0.4) is 0 Å². The van der Waals surface area contributed by atoms with Crippen molar-refractivity contribution < 1.29 is 4.79 Å². The summed E-state index contributed by atoms with van der Waals surface area (Å²) in [6, 6.07) is 14.0. The molecule has 0 saturated heterocycles. The Balaban J connectivity index is 2.46. The number of pyridine rings is 1. The highest BCUT2D eigenvalue weighted by Gasteiger charge is 2.15. The number of nitrogens with zero attached hydrogens (tertiary/aromatic N) is 2. The zero-order valence-electron chi connectivity index (χ0n) is 12.0. The molecule has 0 saturated carbocycles. The van der Waals surface area contributed by atoms with Gasteiger partial charge in [0.05, 0.1) is 6.54 Å². The first-order valence-corrected chi connectivity index (χ1v) is 6.76. The lowest BCUT2D eigenvalue weighted by Gasteiger charge is -2.15. The first-order chi connectivity index (χ1) is 10.0. The van der Waals surface area contributed by atoms with Gasteiger partial charge in [0.15, 0.2) is 5.78 Å². The van der Waals surface area contributed by atoms with Gasteiger partial charge in [0.1, 0.15) is 11.6 Å². The Hall–Kier alpha value is -2.67. The summed E-state index contributed by atoms with van der Waals surface area (Å²) < 4.78 is 1.40. The summed E-state index contributed by atoms with van der Waals surface area (Å²) in [7, 11) is 0. The highest BCUT2D eigenvalue weighted by Crippen LogP contribution is 2.14. The van der Waals surface area contributed by atoms with Gasteiger partial charge < -0.3 is 4.57 Å². The van der Waals surface area contributed by atoms with Crippen LogP contribution in [0.25, 0.3) is 0 Å². The Kier molecular flexibility index (Phi) is 4.34. The third kappa shape index (κ3) is 3.09. The van der Waals surface area contributed by atoms with Crippen LogP contribution < -0.4 is 5.56 Å². The summed E-state index contributed by atoms with van der Waals surface area (Å²) in [4.78, 5) is 24.6. The van der Waals surface area contributed by atoms with Crippen LogP contribution in [0, 0.1) is 11.3 Å². The molecular weight excluding hydrogens is 264 g/mol. The SMILES string of the molecule is CC(C)c1ccc(C#N)c(=O)n1CC(=O)c1ccccc1. The molecule has 0 atom stereocenters. The molecule has 0 spiro atoms. The fourth-order valence-electron chi connectivity index (χ4n) is 2.20. The maximum atomic E-state index is 12.3. The zero-order chi connectivity index (χ0) is 15.4. The summed E-state index contributed by atoms with van der Waals surface area (Å²) in [6.45, 7) is 3.85. The summed E-state index contributed by atoms with van der Waals surface area (Å²) >= 11 is 0. The fourth-order valence-corrected chi connectivity index (χ4v) is 2.20. The number of benzene rings is 1. The second kappa shape index (κ2) is 6.19. The lowest BCUT2D eigenvalue weighted by Crippen LogP contribution is -2.29. The minimum Gasteiger partial charge on any atom is -0.303 e. The highest BCUT2D eigenvalue weighted by molar-refractivity contribution is 5.95. The zero-order valence-corrected chi connectivity index (χ0v) is 12.0. The number of Topliss-reactive ketones (excluding diaryl/α,β-unsaturated/α-hetero) is 1. The largest absolute Gasteiger partial charge is 0.303 e. The van der Waals surface area contributed by atoms with Gasteiger partial charge in [-0.05, 0) is 18.1 Å². The van der Waals surface area contributed by atoms with Gasteiger partial charge in [-0.1, -0.05) is 44.2 Å². The Labute approximate surface area is 123 Å². The molecule has 0 amide bonds. The summed E-state index contributed by atoms with van der Waals surface area (Å²) in [5, 5.41) is 8.98. The maximum Gasteiger partial charge on any atom is 0.269 e. The van der Waals surface area contributed by atoms with Crippen molar-refractivity contribution in [2.24, 2.45) is 0 Å². The number of ketones is 1. The van der Waals surface area contributed by atoms with Gasteiger partial charge in [0, 0.05) is 11.3 Å². The predicted octanol–water partition coefficient (Wildman–Crippen LogP) is 2.73. The van der Waals surface area contributed by atoms with E-state index in [9.17, 15) is 9.59 Å². The molecule has 2 rings (SSSR count). The van der Waals surface area contributed by atoms with E-state index in [-0.39, 0.29) is 23.8 Å². The number of rotatable bonds is 4. The monoisotopic (exact) mass is 280 g/mol. The first-order valence-electron chi connectivity index (χ1n) is 6.76. The Morgan fingerprint density at radius 1 is 1.19 bits per heavy atom. The van der Waals surface area contributed by atoms with E-state index in [0.29, 0.717) is 5.56 Å². The molecule has 4 nitrogen and oxygen atoms in total. The van der Waals surface area contributed by atoms with Crippen LogP contribution in [0.4, 0.5) is 0 Å². The van der Waals surface area contributed by atoms with Crippen LogP contribution in [0.2, 0.25) is 0 Å². The van der Waals surface area contributed by atoms with Gasteiger partial charge in [-0.2, -0.15) is 5.26 Å². The molecule has 1 heterocycles. The number of hydrogen-bond acceptors (Lipinski definition) is 3. The third-order valence-corrected chi connectivity index (χ3v) is 3.32. The molecule has 4 heteroatoms. The van der Waals surface area contributed by atoms with Crippen molar-refractivity contribution in [3.8, 4) is 6.07 Å². The number of aromatic nitrogens is 1. The van der Waals surface area contributed by atoms with Crippen LogP contribution in [0.15, 0.2) is 47.3 Å². The van der Waals surface area contributed by atoms with Crippen molar-refractivity contribution >= 4 is 5.78 Å². The normalized spacial score (nSPS) is 10.4. The van der Waals surface area contributed by atoms with Crippen molar-refractivity contribution in [3.63, 3.8) is 0 Å². The van der Waals surface area contributed by atoms with E-state index in [2.05, 4.69) is 0 Å². The van der Waals surface area contributed by atoms with E-state index in [1.165, 1.54) is 10.6 Å². The van der Waals surface area contributed by atoms with Crippen molar-refractivity contribution in [2.45, 2.75) is 26.3 Å². The van der Waals surface area contributed by atoms with Crippen molar-refractivity contribution in [2.75, 3.05) is 0 Å². The standard InChI is InChI=1S/C17H16N2O2/c1-12(2)15-9-8-14(10-18)17(21)19(15)11-16(20)13-6-4-3-5-7-13/h3-9,12H,11H2,1-2H3. The number of nitriles is 1. The topological polar surface area (TPSA) is 62.9 Å². The van der Waals surface area contributed by atoms with E-state index in [1.807, 2.05) is 26.0 Å². The summed E-state index contributed by atoms with van der Waals surface area (Å²) in [5.74, 6) is -0.0521. The number of carbonyl (C=O) groups excluding carboxylic acids is 1. The fraction of sp³-hybridized carbons (Fsp3) is 0.235. The average molecular weight is 280 g/mol. The number of hydrogen-bond donors (Lipinski definition) is 0. The average Bonchev–Trinajstić information content (AvgIpc) is 2.49. The lowest BCUT2D eigenvalue weighted by atomic mass is 10.1. The second-order valence-electron chi connectivity index (χ2n) is 5.12. The predicted molar refractivity (Wildman–Crippen MR) is 80.3 cm³/mol. The van der Waals surface area contributed by atoms with E-state index in [0.717, 1.165) is 5.69 Å². The molecule has 1 aromatic carbocycles. The lowest BCUT2D eigenvalue weighted by molar-refractivity contribution is 0.0969. The van der Waals surface area contributed by atoms with Crippen molar-refractivity contribution in [1.82, 2.24) is 4.57 Å². The highest BCUT2D eigenvalue weighted by atomic mass is 16.1. The Morgan fingerprint density at radius 2 is 1.86 bits per heavy atom. The van der Waals surface area contributed by atoms with Gasteiger partial charge >= 0.3 is 0 Å². The van der Waals surface area contributed by atoms with E-state index >= 15 is 0 Å². The smallest absolute Gasteiger partial charge is 0.269 e. The van der Waals surface area contributed by atoms with Crippen LogP contribution >= 0.6 is 0 Å². The van der Waals surface area contributed by atoms with Gasteiger partial charge in [-0.15, -0.1) is 0 Å².